The molecule has 3 heterocycles. The van der Waals surface area contributed by atoms with E-state index >= 15 is 0 Å². The van der Waals surface area contributed by atoms with Gasteiger partial charge in [0, 0.05) is 34.7 Å². The first-order valence-corrected chi connectivity index (χ1v) is 11.4. The lowest BCUT2D eigenvalue weighted by Gasteiger charge is -2.31. The van der Waals surface area contributed by atoms with Gasteiger partial charge in [0.1, 0.15) is 0 Å². The van der Waals surface area contributed by atoms with E-state index in [0.717, 1.165) is 61.5 Å². The van der Waals surface area contributed by atoms with Crippen LogP contribution in [-0.2, 0) is 4.79 Å². The predicted molar refractivity (Wildman–Crippen MR) is 123 cm³/mol. The number of halogens is 1. The van der Waals surface area contributed by atoms with E-state index in [1.54, 1.807) is 6.20 Å². The van der Waals surface area contributed by atoms with Crippen LogP contribution < -0.4 is 16.0 Å². The Balaban J connectivity index is 1.29. The Morgan fingerprint density at radius 1 is 1.13 bits per heavy atom. The molecule has 1 aromatic carbocycles. The van der Waals surface area contributed by atoms with Gasteiger partial charge in [-0.25, -0.2) is 9.97 Å². The van der Waals surface area contributed by atoms with Crippen LogP contribution in [0.15, 0.2) is 36.7 Å². The van der Waals surface area contributed by atoms with E-state index in [2.05, 4.69) is 32.0 Å². The molecule has 7 nitrogen and oxygen atoms in total. The van der Waals surface area contributed by atoms with Gasteiger partial charge in [-0.2, -0.15) is 0 Å². The minimum atomic E-state index is -0.0355. The number of anilines is 1. The molecule has 2 aromatic heterocycles. The van der Waals surface area contributed by atoms with Crippen molar-refractivity contribution in [1.29, 1.82) is 0 Å². The molecular weight excluding hydrogens is 412 g/mol. The van der Waals surface area contributed by atoms with Crippen LogP contribution in [-0.4, -0.2) is 45.5 Å². The molecule has 162 valence electrons. The zero-order valence-electron chi connectivity index (χ0n) is 17.3. The Morgan fingerprint density at radius 3 is 2.87 bits per heavy atom. The van der Waals surface area contributed by atoms with Gasteiger partial charge in [-0.1, -0.05) is 29.8 Å². The molecule has 0 bridgehead atoms. The molecule has 8 heteroatoms. The normalized spacial score (nSPS) is 23.7. The number of para-hydroxylation sites is 1. The van der Waals surface area contributed by atoms with E-state index in [1.807, 2.05) is 24.4 Å². The van der Waals surface area contributed by atoms with Gasteiger partial charge in [-0.15, -0.1) is 0 Å². The minimum Gasteiger partial charge on any atom is -0.360 e. The van der Waals surface area contributed by atoms with Gasteiger partial charge < -0.3 is 20.9 Å². The number of aromatic nitrogens is 3. The van der Waals surface area contributed by atoms with Crippen LogP contribution in [0.2, 0.25) is 5.02 Å². The average Bonchev–Trinajstić information content (AvgIpc) is 3.46. The third-order valence-electron chi connectivity index (χ3n) is 6.32. The first kappa shape index (κ1) is 20.3. The Kier molecular flexibility index (Phi) is 5.78. The zero-order chi connectivity index (χ0) is 21.2. The van der Waals surface area contributed by atoms with Gasteiger partial charge in [0.2, 0.25) is 11.9 Å². The highest BCUT2D eigenvalue weighted by molar-refractivity contribution is 6.33. The summed E-state index contributed by atoms with van der Waals surface area (Å²) in [6.45, 7) is 0.930. The van der Waals surface area contributed by atoms with Crippen molar-refractivity contribution < 1.29 is 4.79 Å². The lowest BCUT2D eigenvalue weighted by molar-refractivity contribution is -0.123. The molecule has 0 radical (unpaired) electrons. The fourth-order valence-corrected chi connectivity index (χ4v) is 4.93. The largest absolute Gasteiger partial charge is 0.360 e. The number of amides is 1. The fraction of sp³-hybridized carbons (Fsp3) is 0.435. The molecule has 0 spiro atoms. The molecular formula is C23H27ClN6O. The maximum Gasteiger partial charge on any atom is 0.237 e. The zero-order valence-corrected chi connectivity index (χ0v) is 18.1. The molecule has 1 aliphatic heterocycles. The van der Waals surface area contributed by atoms with E-state index in [-0.39, 0.29) is 24.0 Å². The first-order chi connectivity index (χ1) is 15.2. The third-order valence-corrected chi connectivity index (χ3v) is 6.60. The topological polar surface area (TPSA) is 94.7 Å². The highest BCUT2D eigenvalue weighted by Crippen LogP contribution is 2.32. The minimum absolute atomic E-state index is 0.0355. The van der Waals surface area contributed by atoms with E-state index in [1.165, 1.54) is 0 Å². The standard InChI is InChI=1S/C23H27ClN6O/c24-18-13-27-23(30-21(18)17-12-26-19-8-2-1-7-16(17)19)29-15-6-3-5-14(11-15)28-22(31)20-9-4-10-25-20/h1-2,7-8,12-15,20,25-26H,3-6,9-11H2,(H,28,31)(H,27,29,30)/t14?,15?,20-/m0/s1. The Labute approximate surface area is 186 Å². The highest BCUT2D eigenvalue weighted by Gasteiger charge is 2.28. The molecule has 2 unspecified atom stereocenters. The number of benzene rings is 1. The summed E-state index contributed by atoms with van der Waals surface area (Å²) < 4.78 is 0. The summed E-state index contributed by atoms with van der Waals surface area (Å²) in [5, 5.41) is 11.6. The number of aromatic amines is 1. The SMILES string of the molecule is O=C(NC1CCCC(Nc2ncc(Cl)c(-c3c[nH]c4ccccc34)n2)C1)[C@@H]1CCCN1. The van der Waals surface area contributed by atoms with Crippen LogP contribution >= 0.6 is 11.6 Å². The number of nitrogens with one attached hydrogen (secondary N) is 4. The van der Waals surface area contributed by atoms with Crippen LogP contribution in [0.1, 0.15) is 38.5 Å². The van der Waals surface area contributed by atoms with Crippen molar-refractivity contribution >= 4 is 34.4 Å². The second-order valence-electron chi connectivity index (χ2n) is 8.50. The van der Waals surface area contributed by atoms with Gasteiger partial charge in [0.05, 0.1) is 23.0 Å². The van der Waals surface area contributed by atoms with Crippen molar-refractivity contribution in [2.24, 2.45) is 0 Å². The second-order valence-corrected chi connectivity index (χ2v) is 8.91. The number of carbonyl (C=O) groups excluding carboxylic acids is 1. The molecule has 5 rings (SSSR count). The summed E-state index contributed by atoms with van der Waals surface area (Å²) in [6.07, 6.45) is 9.56. The van der Waals surface area contributed by atoms with E-state index in [0.29, 0.717) is 16.7 Å². The number of nitrogens with zero attached hydrogens (tertiary/aromatic N) is 2. The number of rotatable bonds is 5. The maximum atomic E-state index is 12.5. The van der Waals surface area contributed by atoms with E-state index in [9.17, 15) is 4.79 Å². The second kappa shape index (κ2) is 8.85. The van der Waals surface area contributed by atoms with Crippen LogP contribution in [0, 0.1) is 0 Å². The van der Waals surface area contributed by atoms with Gasteiger partial charge in [-0.05, 0) is 51.1 Å². The van der Waals surface area contributed by atoms with Crippen molar-refractivity contribution in [3.63, 3.8) is 0 Å². The first-order valence-electron chi connectivity index (χ1n) is 11.1. The van der Waals surface area contributed by atoms with Crippen molar-refractivity contribution in [1.82, 2.24) is 25.6 Å². The summed E-state index contributed by atoms with van der Waals surface area (Å²) >= 11 is 6.45. The number of fused-ring (bicyclic) bond motifs is 1. The number of hydrogen-bond acceptors (Lipinski definition) is 5. The summed E-state index contributed by atoms with van der Waals surface area (Å²) in [5.41, 5.74) is 2.72. The quantitative estimate of drug-likeness (QED) is 0.485. The van der Waals surface area contributed by atoms with E-state index < -0.39 is 0 Å². The molecule has 3 atom stereocenters. The van der Waals surface area contributed by atoms with Crippen molar-refractivity contribution in [2.75, 3.05) is 11.9 Å². The van der Waals surface area contributed by atoms with Crippen molar-refractivity contribution in [2.45, 2.75) is 56.7 Å². The lowest BCUT2D eigenvalue weighted by atomic mass is 9.91. The van der Waals surface area contributed by atoms with E-state index in [4.69, 9.17) is 16.6 Å². The maximum absolute atomic E-state index is 12.5. The third kappa shape index (κ3) is 4.38. The molecule has 31 heavy (non-hydrogen) atoms. The molecule has 3 aromatic rings. The lowest BCUT2D eigenvalue weighted by Crippen LogP contribution is -2.48. The average molecular weight is 439 g/mol. The van der Waals surface area contributed by atoms with Gasteiger partial charge in [0.15, 0.2) is 0 Å². The molecule has 1 saturated heterocycles. The fourth-order valence-electron chi connectivity index (χ4n) is 4.74. The summed E-state index contributed by atoms with van der Waals surface area (Å²) in [7, 11) is 0. The number of H-pyrrole nitrogens is 1. The van der Waals surface area contributed by atoms with Crippen LogP contribution in [0.25, 0.3) is 22.2 Å². The Bertz CT molecular complexity index is 1080. The summed E-state index contributed by atoms with van der Waals surface area (Å²) in [5.74, 6) is 0.701. The summed E-state index contributed by atoms with van der Waals surface area (Å²) in [4.78, 5) is 24.9. The smallest absolute Gasteiger partial charge is 0.237 e. The monoisotopic (exact) mass is 438 g/mol. The number of hydrogen-bond donors (Lipinski definition) is 4. The summed E-state index contributed by atoms with van der Waals surface area (Å²) in [6, 6.07) is 8.45. The van der Waals surface area contributed by atoms with Crippen LogP contribution in [0.4, 0.5) is 5.95 Å². The Hall–Kier alpha value is -2.64. The molecule has 1 aliphatic carbocycles. The van der Waals surface area contributed by atoms with Gasteiger partial charge in [0.25, 0.3) is 0 Å². The molecule has 2 aliphatic rings. The molecule has 4 N–H and O–H groups in total. The van der Waals surface area contributed by atoms with Gasteiger partial charge in [-0.3, -0.25) is 4.79 Å². The van der Waals surface area contributed by atoms with Crippen molar-refractivity contribution in [3.05, 3.63) is 41.7 Å². The van der Waals surface area contributed by atoms with Crippen LogP contribution in [0.5, 0.6) is 0 Å². The predicted octanol–water partition coefficient (Wildman–Crippen LogP) is 3.87. The molecule has 2 fully saturated rings. The molecule has 1 saturated carbocycles. The van der Waals surface area contributed by atoms with Crippen molar-refractivity contribution in [3.8, 4) is 11.3 Å². The van der Waals surface area contributed by atoms with Gasteiger partial charge >= 0.3 is 0 Å². The highest BCUT2D eigenvalue weighted by atomic mass is 35.5. The number of carbonyl (C=O) groups is 1. The molecule has 1 amide bonds. The Morgan fingerprint density at radius 2 is 2.00 bits per heavy atom. The van der Waals surface area contributed by atoms with Crippen LogP contribution in [0.3, 0.4) is 0 Å².